The summed E-state index contributed by atoms with van der Waals surface area (Å²) in [5.74, 6) is 1.60. The van der Waals surface area contributed by atoms with Crippen molar-refractivity contribution in [3.05, 3.63) is 88.1 Å². The summed E-state index contributed by atoms with van der Waals surface area (Å²) in [5.41, 5.74) is 2.04. The first kappa shape index (κ1) is 15.7. The van der Waals surface area contributed by atoms with E-state index in [-0.39, 0.29) is 17.1 Å². The number of nitrogens with one attached hydrogen (secondary N) is 1. The van der Waals surface area contributed by atoms with E-state index in [0.717, 1.165) is 27.5 Å². The molecule has 4 rings (SSSR count). The topological polar surface area (TPSA) is 39.0 Å². The van der Waals surface area contributed by atoms with E-state index in [1.165, 1.54) is 0 Å². The molecule has 0 saturated heterocycles. The van der Waals surface area contributed by atoms with Crippen LogP contribution in [0.3, 0.4) is 0 Å². The van der Waals surface area contributed by atoms with E-state index in [9.17, 15) is 0 Å². The van der Waals surface area contributed by atoms with E-state index in [4.69, 9.17) is 0 Å². The molecule has 0 radical (unpaired) electrons. The predicted octanol–water partition coefficient (Wildman–Crippen LogP) is 5.02. The van der Waals surface area contributed by atoms with Crippen LogP contribution in [0.15, 0.2) is 82.8 Å². The summed E-state index contributed by atoms with van der Waals surface area (Å²) in [6.07, 6.45) is 8.03. The summed E-state index contributed by atoms with van der Waals surface area (Å²) in [4.78, 5) is 4.28. The van der Waals surface area contributed by atoms with Gasteiger partial charge in [0.2, 0.25) is 0 Å². The van der Waals surface area contributed by atoms with Gasteiger partial charge in [0, 0.05) is 16.2 Å². The monoisotopic (exact) mass is 381 g/mol. The van der Waals surface area contributed by atoms with Gasteiger partial charge in [-0.25, -0.2) is 12.1 Å². The molecular formula is C16H12BrFeN3. The predicted molar refractivity (Wildman–Crippen MR) is 85.9 cm³/mol. The average molecular weight is 382 g/mol. The Morgan fingerprint density at radius 1 is 1.10 bits per heavy atom. The quantitative estimate of drug-likeness (QED) is 0.395. The smallest absolute Gasteiger partial charge is 0.413 e. The van der Waals surface area contributed by atoms with Crippen molar-refractivity contribution in [2.24, 2.45) is 0 Å². The summed E-state index contributed by atoms with van der Waals surface area (Å²) < 4.78 is 0.801. The van der Waals surface area contributed by atoms with Crippen LogP contribution in [0, 0.1) is 0 Å². The molecule has 1 aliphatic carbocycles. The van der Waals surface area contributed by atoms with Gasteiger partial charge in [-0.2, -0.15) is 18.2 Å². The summed E-state index contributed by atoms with van der Waals surface area (Å²) in [5, 5.41) is 7.65. The Morgan fingerprint density at radius 2 is 1.81 bits per heavy atom. The van der Waals surface area contributed by atoms with Crippen LogP contribution in [0.2, 0.25) is 0 Å². The molecule has 1 N–H and O–H groups in total. The molecule has 21 heavy (non-hydrogen) atoms. The van der Waals surface area contributed by atoms with Crippen molar-refractivity contribution in [3.8, 4) is 0 Å². The van der Waals surface area contributed by atoms with Gasteiger partial charge in [0.1, 0.15) is 0 Å². The van der Waals surface area contributed by atoms with Gasteiger partial charge >= 0.3 is 17.1 Å². The van der Waals surface area contributed by atoms with Gasteiger partial charge in [-0.15, -0.1) is 0 Å². The number of aromatic nitrogens is 1. The third-order valence-corrected chi connectivity index (χ3v) is 3.25. The fourth-order valence-corrected chi connectivity index (χ4v) is 2.16. The molecule has 0 unspecified atom stereocenters. The summed E-state index contributed by atoms with van der Waals surface area (Å²) in [6.45, 7) is 0. The SMILES string of the molecule is Brc1ccc2c(n1)[N-]C(=C1C=CC=C1)N2.[Fe+2].c1cc[cH-]c1. The minimum Gasteiger partial charge on any atom is -0.413 e. The van der Waals surface area contributed by atoms with Gasteiger partial charge < -0.3 is 15.6 Å². The number of hydrogen-bond donors (Lipinski definition) is 1. The molecule has 1 aromatic heterocycles. The van der Waals surface area contributed by atoms with Gasteiger partial charge in [-0.05, 0) is 33.3 Å². The third-order valence-electron chi connectivity index (χ3n) is 2.80. The zero-order valence-electron chi connectivity index (χ0n) is 11.0. The third kappa shape index (κ3) is 3.91. The number of halogens is 1. The number of hydrogen-bond acceptors (Lipinski definition) is 2. The molecular weight excluding hydrogens is 370 g/mol. The van der Waals surface area contributed by atoms with Crippen molar-refractivity contribution in [2.75, 3.05) is 5.32 Å². The summed E-state index contributed by atoms with van der Waals surface area (Å²) in [6, 6.07) is 13.9. The second-order valence-corrected chi connectivity index (χ2v) is 5.04. The van der Waals surface area contributed by atoms with E-state index in [1.54, 1.807) is 0 Å². The number of pyridine rings is 1. The van der Waals surface area contributed by atoms with Crippen LogP contribution in [0.1, 0.15) is 0 Å². The molecule has 0 saturated carbocycles. The van der Waals surface area contributed by atoms with E-state index in [0.29, 0.717) is 0 Å². The zero-order valence-corrected chi connectivity index (χ0v) is 13.7. The van der Waals surface area contributed by atoms with Crippen molar-refractivity contribution in [3.63, 3.8) is 0 Å². The second kappa shape index (κ2) is 7.36. The minimum absolute atomic E-state index is 0. The van der Waals surface area contributed by atoms with Crippen molar-refractivity contribution in [1.29, 1.82) is 0 Å². The molecule has 106 valence electrons. The van der Waals surface area contributed by atoms with Crippen molar-refractivity contribution in [2.45, 2.75) is 0 Å². The Kier molecular flexibility index (Phi) is 5.51. The molecule has 0 amide bonds. The van der Waals surface area contributed by atoms with Crippen molar-refractivity contribution in [1.82, 2.24) is 4.98 Å². The molecule has 2 heterocycles. The molecule has 5 heteroatoms. The fraction of sp³-hybridized carbons (Fsp3) is 0. The maximum Gasteiger partial charge on any atom is 2.00 e. The maximum absolute atomic E-state index is 4.42. The average Bonchev–Trinajstić information content (AvgIpc) is 3.20. The van der Waals surface area contributed by atoms with Gasteiger partial charge in [0.05, 0.1) is 0 Å². The Balaban J connectivity index is 0.000000231. The van der Waals surface area contributed by atoms with Crippen LogP contribution in [0.4, 0.5) is 11.5 Å². The van der Waals surface area contributed by atoms with Gasteiger partial charge in [0.15, 0.2) is 0 Å². The Labute approximate surface area is 142 Å². The molecule has 2 aliphatic rings. The second-order valence-electron chi connectivity index (χ2n) is 4.23. The summed E-state index contributed by atoms with van der Waals surface area (Å²) >= 11 is 3.33. The van der Waals surface area contributed by atoms with Crippen molar-refractivity contribution < 1.29 is 17.1 Å². The Morgan fingerprint density at radius 3 is 2.43 bits per heavy atom. The first-order chi connectivity index (χ1) is 9.83. The Bertz CT molecular complexity index is 656. The van der Waals surface area contributed by atoms with Crippen LogP contribution < -0.4 is 5.32 Å². The first-order valence-electron chi connectivity index (χ1n) is 6.24. The Hall–Kier alpha value is -1.68. The maximum atomic E-state index is 4.42. The fourth-order valence-electron chi connectivity index (χ4n) is 1.86. The molecule has 0 spiro atoms. The molecule has 1 aliphatic heterocycles. The molecule has 1 aromatic carbocycles. The van der Waals surface area contributed by atoms with Crippen LogP contribution in [0.5, 0.6) is 0 Å². The van der Waals surface area contributed by atoms with E-state index < -0.39 is 0 Å². The van der Waals surface area contributed by atoms with Crippen LogP contribution in [-0.4, -0.2) is 4.98 Å². The van der Waals surface area contributed by atoms with Gasteiger partial charge in [-0.3, -0.25) is 0 Å². The number of allylic oxidation sites excluding steroid dienone is 5. The molecule has 3 nitrogen and oxygen atoms in total. The van der Waals surface area contributed by atoms with Crippen LogP contribution in [-0.2, 0) is 17.1 Å². The van der Waals surface area contributed by atoms with Gasteiger partial charge in [-0.1, -0.05) is 30.4 Å². The molecule has 0 fully saturated rings. The zero-order chi connectivity index (χ0) is 13.8. The standard InChI is InChI=1S/C11H7BrN3.C5H5.Fe/c12-9-6-5-8-11(14-9)15-10(13-8)7-3-1-2-4-7;1-2-4-5-3-1;/h1-6,13H;1-5H;/q2*-1;+2. The van der Waals surface area contributed by atoms with E-state index in [1.807, 2.05) is 66.8 Å². The first-order valence-corrected chi connectivity index (χ1v) is 7.03. The normalized spacial score (nSPS) is 13.8. The molecule has 0 atom stereocenters. The summed E-state index contributed by atoms with van der Waals surface area (Å²) in [7, 11) is 0. The molecule has 2 aromatic rings. The largest absolute Gasteiger partial charge is 2.00 e. The van der Waals surface area contributed by atoms with Crippen molar-refractivity contribution >= 4 is 27.4 Å². The van der Waals surface area contributed by atoms with Gasteiger partial charge in [0.25, 0.3) is 0 Å². The van der Waals surface area contributed by atoms with E-state index in [2.05, 4.69) is 31.5 Å². The number of nitrogens with zero attached hydrogens (tertiary/aromatic N) is 2. The minimum atomic E-state index is 0. The number of rotatable bonds is 0. The van der Waals surface area contributed by atoms with Crippen LogP contribution in [0.25, 0.3) is 5.32 Å². The molecule has 0 bridgehead atoms. The number of anilines is 1. The number of fused-ring (bicyclic) bond motifs is 1. The van der Waals surface area contributed by atoms with Crippen LogP contribution >= 0.6 is 15.9 Å². The van der Waals surface area contributed by atoms with E-state index >= 15 is 0 Å².